The number of rotatable bonds is 1. The van der Waals surface area contributed by atoms with Crippen molar-refractivity contribution < 1.29 is 4.79 Å². The van der Waals surface area contributed by atoms with Gasteiger partial charge in [0.15, 0.2) is 0 Å². The largest absolute Gasteiger partial charge is 0.398 e. The molecule has 8 rings (SSSR count). The molecule has 0 fully saturated rings. The second-order valence-electron chi connectivity index (χ2n) is 9.92. The Morgan fingerprint density at radius 2 is 1.11 bits per heavy atom. The zero-order valence-corrected chi connectivity index (χ0v) is 21.1. The molecule has 2 aliphatic carbocycles. The van der Waals surface area contributed by atoms with E-state index in [-0.39, 0.29) is 0 Å². The lowest BCUT2D eigenvalue weighted by atomic mass is 9.97. The normalized spacial score (nSPS) is 16.4. The molecule has 0 aromatic heterocycles. The van der Waals surface area contributed by atoms with E-state index in [0.717, 1.165) is 40.1 Å². The van der Waals surface area contributed by atoms with Crippen LogP contribution in [0.5, 0.6) is 0 Å². The number of benzene rings is 6. The zero-order valence-electron chi connectivity index (χ0n) is 21.1. The molecule has 2 unspecified atom stereocenters. The quantitative estimate of drug-likeness (QED) is 0.108. The van der Waals surface area contributed by atoms with Gasteiger partial charge in [-0.25, -0.2) is 0 Å². The third-order valence-corrected chi connectivity index (χ3v) is 7.59. The van der Waals surface area contributed by atoms with E-state index in [1.165, 1.54) is 28.0 Å². The van der Waals surface area contributed by atoms with Gasteiger partial charge in [-0.2, -0.15) is 0 Å². The highest BCUT2D eigenvalue weighted by molar-refractivity contribution is 6.12. The molecule has 2 heteroatoms. The molecule has 2 aliphatic rings. The van der Waals surface area contributed by atoms with Crippen molar-refractivity contribution in [2.45, 2.75) is 18.3 Å². The van der Waals surface area contributed by atoms with Crippen LogP contribution in [0.4, 0.5) is 5.69 Å². The summed E-state index contributed by atoms with van der Waals surface area (Å²) in [6.45, 7) is 0. The fraction of sp³-hybridized carbons (Fsp3) is 0.0833. The number of fused-ring (bicyclic) bond motifs is 9. The maximum Gasteiger partial charge on any atom is 0.150 e. The number of anilines is 1. The Morgan fingerprint density at radius 1 is 0.553 bits per heavy atom. The molecule has 38 heavy (non-hydrogen) atoms. The Kier molecular flexibility index (Phi) is 6.46. The SMILES string of the molecule is C1=CC2CC1c1ccccc12.Nc1cc2ccccc2c2ccccc12.O=Cc1ccc2ccccc2c1. The smallest absolute Gasteiger partial charge is 0.150 e. The molecule has 0 radical (unpaired) electrons. The van der Waals surface area contributed by atoms with Crippen molar-refractivity contribution in [3.8, 4) is 0 Å². The molecule has 0 saturated carbocycles. The van der Waals surface area contributed by atoms with E-state index in [1.807, 2.05) is 66.7 Å². The minimum atomic E-state index is 0.730. The van der Waals surface area contributed by atoms with Gasteiger partial charge >= 0.3 is 0 Å². The second kappa shape index (κ2) is 10.4. The van der Waals surface area contributed by atoms with Crippen molar-refractivity contribution in [3.05, 3.63) is 150 Å². The summed E-state index contributed by atoms with van der Waals surface area (Å²) in [5.41, 5.74) is 10.7. The van der Waals surface area contributed by atoms with Crippen LogP contribution in [-0.2, 0) is 0 Å². The van der Waals surface area contributed by atoms with Gasteiger partial charge in [-0.15, -0.1) is 0 Å². The van der Waals surface area contributed by atoms with E-state index in [9.17, 15) is 4.79 Å². The highest BCUT2D eigenvalue weighted by atomic mass is 16.1. The van der Waals surface area contributed by atoms with Crippen LogP contribution in [0, 0.1) is 0 Å². The topological polar surface area (TPSA) is 43.1 Å². The first-order chi connectivity index (χ1) is 18.7. The molecule has 0 spiro atoms. The van der Waals surface area contributed by atoms with Gasteiger partial charge < -0.3 is 5.73 Å². The lowest BCUT2D eigenvalue weighted by Crippen LogP contribution is -1.90. The number of nitrogen functional groups attached to an aromatic ring is 1. The average Bonchev–Trinajstić information content (AvgIpc) is 3.61. The van der Waals surface area contributed by atoms with Gasteiger partial charge in [-0.05, 0) is 56.6 Å². The van der Waals surface area contributed by atoms with Crippen molar-refractivity contribution in [2.75, 3.05) is 5.73 Å². The highest BCUT2D eigenvalue weighted by Crippen LogP contribution is 2.47. The number of aldehydes is 1. The van der Waals surface area contributed by atoms with Gasteiger partial charge in [-0.1, -0.05) is 121 Å². The molecule has 0 aliphatic heterocycles. The first-order valence-electron chi connectivity index (χ1n) is 13.1. The van der Waals surface area contributed by atoms with Crippen LogP contribution in [0.1, 0.15) is 39.7 Å². The van der Waals surface area contributed by atoms with Crippen molar-refractivity contribution in [2.24, 2.45) is 0 Å². The Balaban J connectivity index is 0.000000106. The lowest BCUT2D eigenvalue weighted by molar-refractivity contribution is 0.112. The Hall–Kier alpha value is -4.69. The Labute approximate surface area is 223 Å². The first-order valence-corrected chi connectivity index (χ1v) is 13.1. The number of hydrogen-bond donors (Lipinski definition) is 1. The summed E-state index contributed by atoms with van der Waals surface area (Å²) >= 11 is 0. The van der Waals surface area contributed by atoms with E-state index >= 15 is 0 Å². The van der Waals surface area contributed by atoms with E-state index in [4.69, 9.17) is 5.73 Å². The van der Waals surface area contributed by atoms with Gasteiger partial charge in [0.25, 0.3) is 0 Å². The fourth-order valence-corrected chi connectivity index (χ4v) is 5.71. The van der Waals surface area contributed by atoms with E-state index in [0.29, 0.717) is 0 Å². The zero-order chi connectivity index (χ0) is 25.9. The minimum Gasteiger partial charge on any atom is -0.398 e. The lowest BCUT2D eigenvalue weighted by Gasteiger charge is -2.08. The maximum atomic E-state index is 10.5. The molecule has 2 bridgehead atoms. The second-order valence-corrected chi connectivity index (χ2v) is 9.92. The number of carbonyl (C=O) groups excluding carboxylic acids is 1. The predicted molar refractivity (Wildman–Crippen MR) is 161 cm³/mol. The molecular weight excluding hydrogens is 462 g/mol. The average molecular weight is 492 g/mol. The van der Waals surface area contributed by atoms with Gasteiger partial charge in [-0.3, -0.25) is 4.79 Å². The van der Waals surface area contributed by atoms with Crippen molar-refractivity contribution in [1.82, 2.24) is 0 Å². The van der Waals surface area contributed by atoms with E-state index < -0.39 is 0 Å². The fourth-order valence-electron chi connectivity index (χ4n) is 5.71. The summed E-state index contributed by atoms with van der Waals surface area (Å²) in [6, 6.07) is 41.1. The van der Waals surface area contributed by atoms with Crippen LogP contribution in [0.3, 0.4) is 0 Å². The summed E-state index contributed by atoms with van der Waals surface area (Å²) in [7, 11) is 0. The molecule has 6 aromatic carbocycles. The van der Waals surface area contributed by atoms with E-state index in [1.54, 1.807) is 11.1 Å². The number of carbonyl (C=O) groups is 1. The first kappa shape index (κ1) is 23.7. The third-order valence-electron chi connectivity index (χ3n) is 7.59. The van der Waals surface area contributed by atoms with Crippen molar-refractivity contribution in [3.63, 3.8) is 0 Å². The number of allylic oxidation sites excluding steroid dienone is 2. The molecule has 0 amide bonds. The molecule has 0 heterocycles. The predicted octanol–water partition coefficient (Wildman–Crippen LogP) is 9.05. The monoisotopic (exact) mass is 491 g/mol. The van der Waals surface area contributed by atoms with Crippen molar-refractivity contribution >= 4 is 44.3 Å². The standard InChI is InChI=1S/C14H11N.C11H8O.C11H10/c15-14-9-10-5-1-2-6-11(10)12-7-3-4-8-13(12)14;12-8-9-5-6-10-3-1-2-4-11(10)7-9;1-2-4-11-9-6-5-8(7-9)10(11)3-1/h1-9H,15H2;1-8H;1-6,8-9H,7H2. The minimum absolute atomic E-state index is 0.730. The van der Waals surface area contributed by atoms with Crippen LogP contribution < -0.4 is 5.73 Å². The van der Waals surface area contributed by atoms with Gasteiger partial charge in [0, 0.05) is 28.5 Å². The van der Waals surface area contributed by atoms with Crippen LogP contribution in [0.15, 0.2) is 133 Å². The molecule has 2 atom stereocenters. The molecule has 2 nitrogen and oxygen atoms in total. The third kappa shape index (κ3) is 4.57. The van der Waals surface area contributed by atoms with Crippen molar-refractivity contribution in [1.29, 1.82) is 0 Å². The maximum absolute atomic E-state index is 10.5. The number of hydrogen-bond acceptors (Lipinski definition) is 2. The Morgan fingerprint density at radius 3 is 1.79 bits per heavy atom. The van der Waals surface area contributed by atoms with Gasteiger partial charge in [0.1, 0.15) is 6.29 Å². The molecular formula is C36H29NO. The van der Waals surface area contributed by atoms with Gasteiger partial charge in [0.2, 0.25) is 0 Å². The number of nitrogens with two attached hydrogens (primary N) is 1. The Bertz CT molecular complexity index is 1770. The molecule has 2 N–H and O–H groups in total. The summed E-state index contributed by atoms with van der Waals surface area (Å²) < 4.78 is 0. The van der Waals surface area contributed by atoms with Gasteiger partial charge in [0.05, 0.1) is 0 Å². The summed E-state index contributed by atoms with van der Waals surface area (Å²) in [5, 5.41) is 7.12. The summed E-state index contributed by atoms with van der Waals surface area (Å²) in [4.78, 5) is 10.5. The summed E-state index contributed by atoms with van der Waals surface area (Å²) in [5.74, 6) is 1.49. The molecule has 184 valence electrons. The van der Waals surface area contributed by atoms with Crippen LogP contribution in [-0.4, -0.2) is 6.29 Å². The van der Waals surface area contributed by atoms with Crippen LogP contribution >= 0.6 is 0 Å². The highest BCUT2D eigenvalue weighted by Gasteiger charge is 2.31. The molecule has 0 saturated heterocycles. The van der Waals surface area contributed by atoms with Crippen LogP contribution in [0.2, 0.25) is 0 Å². The van der Waals surface area contributed by atoms with Crippen LogP contribution in [0.25, 0.3) is 32.3 Å². The van der Waals surface area contributed by atoms with E-state index in [2.05, 4.69) is 66.7 Å². The molecule has 6 aromatic rings. The summed E-state index contributed by atoms with van der Waals surface area (Å²) in [6.07, 6.45) is 6.91.